The maximum Gasteiger partial charge on any atom is 0.416 e. The number of benzene rings is 2. The van der Waals surface area contributed by atoms with Gasteiger partial charge in [-0.15, -0.1) is 11.3 Å². The van der Waals surface area contributed by atoms with E-state index in [2.05, 4.69) is 9.97 Å². The van der Waals surface area contributed by atoms with Crippen LogP contribution in [-0.4, -0.2) is 15.8 Å². The molecule has 8 heteroatoms. The number of para-hydroxylation sites is 1. The summed E-state index contributed by atoms with van der Waals surface area (Å²) in [5.74, 6) is -1.61. The van der Waals surface area contributed by atoms with Crippen LogP contribution < -0.4 is 0 Å². The average Bonchev–Trinajstić information content (AvgIpc) is 3.20. The minimum Gasteiger partial charge on any atom is -0.358 e. The Morgan fingerprint density at radius 1 is 1.25 bits per heavy atom. The highest BCUT2D eigenvalue weighted by Gasteiger charge is 2.32. The molecule has 0 aliphatic heterocycles. The normalized spacial score (nSPS) is 13.0. The maximum absolute atomic E-state index is 13.1. The molecule has 2 aromatic heterocycles. The average molecular weight is 399 g/mol. The van der Waals surface area contributed by atoms with Crippen LogP contribution in [0.15, 0.2) is 42.5 Å². The number of nitrogens with zero attached hydrogens (tertiary/aromatic N) is 2. The summed E-state index contributed by atoms with van der Waals surface area (Å²) in [7, 11) is 0. The van der Waals surface area contributed by atoms with Gasteiger partial charge in [0, 0.05) is 22.2 Å². The molecule has 2 heterocycles. The summed E-state index contributed by atoms with van der Waals surface area (Å²) in [6.45, 7) is 1.75. The monoisotopic (exact) mass is 399 g/mol. The molecule has 140 valence electrons. The molecule has 1 atom stereocenters. The van der Waals surface area contributed by atoms with Gasteiger partial charge < -0.3 is 4.98 Å². The van der Waals surface area contributed by atoms with Gasteiger partial charge in [0.05, 0.1) is 21.8 Å². The molecule has 0 aliphatic carbocycles. The first-order valence-electron chi connectivity index (χ1n) is 8.28. The Hall–Kier alpha value is -3.18. The number of aromatic nitrogens is 2. The first-order valence-corrected chi connectivity index (χ1v) is 9.10. The van der Waals surface area contributed by atoms with Crippen LogP contribution in [0.5, 0.6) is 0 Å². The lowest BCUT2D eigenvalue weighted by atomic mass is 9.97. The Balaban J connectivity index is 1.79. The summed E-state index contributed by atoms with van der Waals surface area (Å²) in [4.78, 5) is 20.4. The van der Waals surface area contributed by atoms with Crippen LogP contribution >= 0.6 is 11.3 Å². The fourth-order valence-electron chi connectivity index (χ4n) is 3.21. The molecule has 0 aliphatic rings. The molecule has 2 aromatic carbocycles. The highest BCUT2D eigenvalue weighted by molar-refractivity contribution is 7.18. The number of H-pyrrole nitrogens is 1. The number of hydrogen-bond acceptors (Lipinski definition) is 4. The van der Waals surface area contributed by atoms with Crippen molar-refractivity contribution < 1.29 is 18.0 Å². The van der Waals surface area contributed by atoms with E-state index in [1.54, 1.807) is 19.1 Å². The number of nitrogens with one attached hydrogen (secondary N) is 1. The molecule has 4 rings (SSSR count). The highest BCUT2D eigenvalue weighted by Crippen LogP contribution is 2.36. The lowest BCUT2D eigenvalue weighted by molar-refractivity contribution is -0.137. The van der Waals surface area contributed by atoms with Gasteiger partial charge in [-0.25, -0.2) is 4.98 Å². The number of rotatable bonds is 3. The largest absolute Gasteiger partial charge is 0.416 e. The third-order valence-corrected chi connectivity index (χ3v) is 5.61. The lowest BCUT2D eigenvalue weighted by Crippen LogP contribution is -2.12. The summed E-state index contributed by atoms with van der Waals surface area (Å²) < 4.78 is 39.3. The van der Waals surface area contributed by atoms with E-state index in [1.165, 1.54) is 6.07 Å². The van der Waals surface area contributed by atoms with E-state index in [-0.39, 0.29) is 10.5 Å². The molecule has 0 spiro atoms. The standard InChI is InChI=1S/C20H12F3N3OS/c1-10-17(12-4-2-3-5-14(12)25-10)18(27)13(9-24)19-26-15-8-11(20(21,22)23)6-7-16(15)28-19/h2-8,13,25H,1H3. The number of aromatic amines is 1. The van der Waals surface area contributed by atoms with Crippen LogP contribution in [0.4, 0.5) is 13.2 Å². The molecular formula is C20H12F3N3OS. The zero-order valence-electron chi connectivity index (χ0n) is 14.5. The number of nitriles is 1. The first-order chi connectivity index (χ1) is 13.3. The Labute approximate surface area is 161 Å². The van der Waals surface area contributed by atoms with Crippen LogP contribution in [0.3, 0.4) is 0 Å². The molecule has 0 radical (unpaired) electrons. The second-order valence-electron chi connectivity index (χ2n) is 6.33. The Bertz CT molecular complexity index is 1260. The van der Waals surface area contributed by atoms with Crippen molar-refractivity contribution >= 4 is 38.2 Å². The fourth-order valence-corrected chi connectivity index (χ4v) is 4.20. The summed E-state index contributed by atoms with van der Waals surface area (Å²) in [5, 5.41) is 10.5. The second kappa shape index (κ2) is 6.46. The predicted molar refractivity (Wildman–Crippen MR) is 100 cm³/mol. The number of carbonyl (C=O) groups is 1. The zero-order chi connectivity index (χ0) is 20.1. The molecule has 0 bridgehead atoms. The van der Waals surface area contributed by atoms with E-state index in [9.17, 15) is 23.2 Å². The van der Waals surface area contributed by atoms with Gasteiger partial charge in [-0.2, -0.15) is 18.4 Å². The van der Waals surface area contributed by atoms with Crippen molar-refractivity contribution in [1.29, 1.82) is 5.26 Å². The molecule has 28 heavy (non-hydrogen) atoms. The summed E-state index contributed by atoms with van der Waals surface area (Å²) in [5.41, 5.74) is 1.12. The van der Waals surface area contributed by atoms with Crippen LogP contribution in [0, 0.1) is 18.3 Å². The van der Waals surface area contributed by atoms with E-state index in [0.717, 1.165) is 29.0 Å². The van der Waals surface area contributed by atoms with Crippen molar-refractivity contribution in [3.63, 3.8) is 0 Å². The van der Waals surface area contributed by atoms with Crippen LogP contribution in [-0.2, 0) is 6.18 Å². The lowest BCUT2D eigenvalue weighted by Gasteiger charge is -2.05. The molecule has 0 fully saturated rings. The third kappa shape index (κ3) is 2.94. The molecule has 0 amide bonds. The number of aryl methyl sites for hydroxylation is 1. The molecule has 0 saturated heterocycles. The van der Waals surface area contributed by atoms with Gasteiger partial charge in [0.1, 0.15) is 5.01 Å². The third-order valence-electron chi connectivity index (χ3n) is 4.51. The van der Waals surface area contributed by atoms with Gasteiger partial charge in [-0.1, -0.05) is 18.2 Å². The summed E-state index contributed by atoms with van der Waals surface area (Å²) >= 11 is 1.05. The van der Waals surface area contributed by atoms with E-state index in [4.69, 9.17) is 0 Å². The Morgan fingerprint density at radius 2 is 2.00 bits per heavy atom. The molecular weight excluding hydrogens is 387 g/mol. The van der Waals surface area contributed by atoms with Crippen LogP contribution in [0.2, 0.25) is 0 Å². The van der Waals surface area contributed by atoms with Crippen molar-refractivity contribution in [3.8, 4) is 6.07 Å². The first kappa shape index (κ1) is 18.2. The van der Waals surface area contributed by atoms with Crippen molar-refractivity contribution in [3.05, 3.63) is 64.3 Å². The van der Waals surface area contributed by atoms with Crippen LogP contribution in [0.25, 0.3) is 21.1 Å². The summed E-state index contributed by atoms with van der Waals surface area (Å²) in [6.07, 6.45) is -4.48. The number of Topliss-reactive ketones (excluding diaryl/α,β-unsaturated/α-hetero) is 1. The molecule has 0 saturated carbocycles. The van der Waals surface area contributed by atoms with Gasteiger partial charge in [0.25, 0.3) is 0 Å². The van der Waals surface area contributed by atoms with E-state index < -0.39 is 23.4 Å². The van der Waals surface area contributed by atoms with Gasteiger partial charge in [-0.05, 0) is 31.2 Å². The van der Waals surface area contributed by atoms with Gasteiger partial charge in [0.2, 0.25) is 0 Å². The Kier molecular flexibility index (Phi) is 4.20. The molecule has 4 aromatic rings. The van der Waals surface area contributed by atoms with Crippen molar-refractivity contribution in [2.24, 2.45) is 0 Å². The van der Waals surface area contributed by atoms with E-state index in [0.29, 0.717) is 21.3 Å². The van der Waals surface area contributed by atoms with Gasteiger partial charge in [0.15, 0.2) is 11.7 Å². The number of fused-ring (bicyclic) bond motifs is 2. The maximum atomic E-state index is 13.1. The zero-order valence-corrected chi connectivity index (χ0v) is 15.3. The number of hydrogen-bond donors (Lipinski definition) is 1. The summed E-state index contributed by atoms with van der Waals surface area (Å²) in [6, 6.07) is 12.4. The van der Waals surface area contributed by atoms with E-state index in [1.807, 2.05) is 18.2 Å². The number of ketones is 1. The van der Waals surface area contributed by atoms with Crippen LogP contribution in [0.1, 0.15) is 32.5 Å². The number of alkyl halides is 3. The SMILES string of the molecule is Cc1[nH]c2ccccc2c1C(=O)C(C#N)c1nc2cc(C(F)(F)F)ccc2s1. The van der Waals surface area contributed by atoms with Crippen molar-refractivity contribution in [1.82, 2.24) is 9.97 Å². The number of halogens is 3. The smallest absolute Gasteiger partial charge is 0.358 e. The van der Waals surface area contributed by atoms with Crippen molar-refractivity contribution in [2.45, 2.75) is 19.0 Å². The fraction of sp³-hybridized carbons (Fsp3) is 0.150. The molecule has 4 nitrogen and oxygen atoms in total. The topological polar surface area (TPSA) is 69.5 Å². The highest BCUT2D eigenvalue weighted by atomic mass is 32.1. The van der Waals surface area contributed by atoms with E-state index >= 15 is 0 Å². The minimum absolute atomic E-state index is 0.124. The van der Waals surface area contributed by atoms with Gasteiger partial charge in [-0.3, -0.25) is 4.79 Å². The predicted octanol–water partition coefficient (Wildman–Crippen LogP) is 5.59. The quantitative estimate of drug-likeness (QED) is 0.456. The Morgan fingerprint density at radius 3 is 2.71 bits per heavy atom. The van der Waals surface area contributed by atoms with Gasteiger partial charge >= 0.3 is 6.18 Å². The molecule has 1 N–H and O–H groups in total. The minimum atomic E-state index is -4.48. The van der Waals surface area contributed by atoms with Crippen molar-refractivity contribution in [2.75, 3.05) is 0 Å². The number of thiazole rings is 1. The molecule has 1 unspecified atom stereocenters. The second-order valence-corrected chi connectivity index (χ2v) is 7.39. The number of carbonyl (C=O) groups excluding carboxylic acids is 1.